The SMILES string of the molecule is C=C(Br)CNC(C)c1ccc(F)cc1O. The van der Waals surface area contributed by atoms with Crippen LogP contribution in [0.2, 0.25) is 0 Å². The molecule has 0 amide bonds. The quantitative estimate of drug-likeness (QED) is 0.884. The molecular formula is C11H13BrFNO. The molecule has 82 valence electrons. The molecule has 0 saturated heterocycles. The molecule has 15 heavy (non-hydrogen) atoms. The van der Waals surface area contributed by atoms with E-state index in [1.807, 2.05) is 6.92 Å². The first kappa shape index (κ1) is 12.2. The molecule has 0 fully saturated rings. The van der Waals surface area contributed by atoms with E-state index in [0.29, 0.717) is 12.1 Å². The number of benzene rings is 1. The van der Waals surface area contributed by atoms with Crippen LogP contribution in [-0.4, -0.2) is 11.7 Å². The van der Waals surface area contributed by atoms with E-state index in [1.54, 1.807) is 6.07 Å². The summed E-state index contributed by atoms with van der Waals surface area (Å²) in [7, 11) is 0. The number of phenols is 1. The van der Waals surface area contributed by atoms with Gasteiger partial charge in [0.1, 0.15) is 11.6 Å². The van der Waals surface area contributed by atoms with E-state index in [-0.39, 0.29) is 11.8 Å². The zero-order valence-corrected chi connectivity index (χ0v) is 10.0. The second-order valence-corrected chi connectivity index (χ2v) is 4.44. The van der Waals surface area contributed by atoms with Gasteiger partial charge in [-0.1, -0.05) is 28.6 Å². The Bertz CT molecular complexity index is 368. The van der Waals surface area contributed by atoms with Crippen molar-refractivity contribution in [1.82, 2.24) is 5.32 Å². The predicted octanol–water partition coefficient (Wildman–Crippen LogP) is 3.09. The van der Waals surface area contributed by atoms with Crippen LogP contribution in [0.1, 0.15) is 18.5 Å². The molecule has 1 rings (SSSR count). The van der Waals surface area contributed by atoms with Crippen LogP contribution in [0, 0.1) is 5.82 Å². The highest BCUT2D eigenvalue weighted by Gasteiger charge is 2.10. The van der Waals surface area contributed by atoms with Crippen LogP contribution in [0.3, 0.4) is 0 Å². The number of hydrogen-bond acceptors (Lipinski definition) is 2. The van der Waals surface area contributed by atoms with Gasteiger partial charge in [-0.15, -0.1) is 0 Å². The smallest absolute Gasteiger partial charge is 0.126 e. The monoisotopic (exact) mass is 273 g/mol. The fraction of sp³-hybridized carbons (Fsp3) is 0.273. The molecule has 0 radical (unpaired) electrons. The molecular weight excluding hydrogens is 261 g/mol. The van der Waals surface area contributed by atoms with Crippen LogP contribution < -0.4 is 5.32 Å². The van der Waals surface area contributed by atoms with Gasteiger partial charge in [-0.2, -0.15) is 0 Å². The zero-order valence-electron chi connectivity index (χ0n) is 8.43. The average Bonchev–Trinajstić information content (AvgIpc) is 2.14. The molecule has 0 aliphatic heterocycles. The fourth-order valence-electron chi connectivity index (χ4n) is 1.26. The lowest BCUT2D eigenvalue weighted by atomic mass is 10.1. The molecule has 0 heterocycles. The molecule has 4 heteroatoms. The van der Waals surface area contributed by atoms with Crippen LogP contribution in [0.4, 0.5) is 4.39 Å². The summed E-state index contributed by atoms with van der Waals surface area (Å²) >= 11 is 3.23. The molecule has 2 N–H and O–H groups in total. The van der Waals surface area contributed by atoms with Gasteiger partial charge in [0.25, 0.3) is 0 Å². The third kappa shape index (κ3) is 3.64. The van der Waals surface area contributed by atoms with Crippen LogP contribution in [-0.2, 0) is 0 Å². The summed E-state index contributed by atoms with van der Waals surface area (Å²) in [4.78, 5) is 0. The Balaban J connectivity index is 2.73. The van der Waals surface area contributed by atoms with Gasteiger partial charge in [-0.05, 0) is 13.0 Å². The van der Waals surface area contributed by atoms with Gasteiger partial charge in [-0.3, -0.25) is 0 Å². The molecule has 1 atom stereocenters. The van der Waals surface area contributed by atoms with Gasteiger partial charge >= 0.3 is 0 Å². The lowest BCUT2D eigenvalue weighted by Gasteiger charge is -2.15. The Kier molecular flexibility index (Phi) is 4.29. The highest BCUT2D eigenvalue weighted by molar-refractivity contribution is 9.11. The van der Waals surface area contributed by atoms with Gasteiger partial charge in [0.05, 0.1) is 0 Å². The van der Waals surface area contributed by atoms with Crippen molar-refractivity contribution in [1.29, 1.82) is 0 Å². The van der Waals surface area contributed by atoms with Crippen molar-refractivity contribution in [3.05, 3.63) is 40.6 Å². The summed E-state index contributed by atoms with van der Waals surface area (Å²) in [6, 6.07) is 3.95. The van der Waals surface area contributed by atoms with Crippen LogP contribution in [0.25, 0.3) is 0 Å². The van der Waals surface area contributed by atoms with Gasteiger partial charge in [0.15, 0.2) is 0 Å². The minimum atomic E-state index is -0.437. The molecule has 0 saturated carbocycles. The summed E-state index contributed by atoms with van der Waals surface area (Å²) in [6.45, 7) is 6.18. The number of halogens is 2. The van der Waals surface area contributed by atoms with Gasteiger partial charge in [0, 0.05) is 28.7 Å². The summed E-state index contributed by atoms with van der Waals surface area (Å²) in [5, 5.41) is 12.6. The van der Waals surface area contributed by atoms with E-state index in [1.165, 1.54) is 6.07 Å². The third-order valence-corrected chi connectivity index (χ3v) is 2.34. The molecule has 0 aliphatic carbocycles. The molecule has 0 aliphatic rings. The summed E-state index contributed by atoms with van der Waals surface area (Å²) in [5.74, 6) is -0.469. The van der Waals surface area contributed by atoms with E-state index >= 15 is 0 Å². The number of aromatic hydroxyl groups is 1. The Morgan fingerprint density at radius 1 is 1.67 bits per heavy atom. The fourth-order valence-corrected chi connectivity index (χ4v) is 1.42. The van der Waals surface area contributed by atoms with Crippen molar-refractivity contribution >= 4 is 15.9 Å². The van der Waals surface area contributed by atoms with Gasteiger partial charge < -0.3 is 10.4 Å². The topological polar surface area (TPSA) is 32.3 Å². The Hall–Kier alpha value is -0.870. The van der Waals surface area contributed by atoms with Crippen LogP contribution in [0.15, 0.2) is 29.3 Å². The van der Waals surface area contributed by atoms with Gasteiger partial charge in [0.2, 0.25) is 0 Å². The van der Waals surface area contributed by atoms with E-state index < -0.39 is 5.82 Å². The first-order valence-electron chi connectivity index (χ1n) is 4.55. The standard InChI is InChI=1S/C11H13BrFNO/c1-7(12)6-14-8(2)10-4-3-9(13)5-11(10)15/h3-5,8,14-15H,1,6H2,2H3. The van der Waals surface area contributed by atoms with Crippen molar-refractivity contribution in [2.75, 3.05) is 6.54 Å². The van der Waals surface area contributed by atoms with Gasteiger partial charge in [-0.25, -0.2) is 4.39 Å². The van der Waals surface area contributed by atoms with Crippen molar-refractivity contribution in [2.24, 2.45) is 0 Å². The van der Waals surface area contributed by atoms with E-state index in [9.17, 15) is 9.50 Å². The first-order chi connectivity index (χ1) is 7.00. The number of phenolic OH excluding ortho intramolecular Hbond substituents is 1. The summed E-state index contributed by atoms with van der Waals surface area (Å²) in [6.07, 6.45) is 0. The first-order valence-corrected chi connectivity index (χ1v) is 5.35. The molecule has 1 aromatic carbocycles. The van der Waals surface area contributed by atoms with Crippen molar-refractivity contribution < 1.29 is 9.50 Å². The third-order valence-electron chi connectivity index (χ3n) is 2.06. The Labute approximate surface area is 96.9 Å². The largest absolute Gasteiger partial charge is 0.508 e. The number of rotatable bonds is 4. The number of hydrogen-bond donors (Lipinski definition) is 2. The lowest BCUT2D eigenvalue weighted by Crippen LogP contribution is -2.19. The number of nitrogens with one attached hydrogen (secondary N) is 1. The average molecular weight is 274 g/mol. The molecule has 0 bridgehead atoms. The second-order valence-electron chi connectivity index (χ2n) is 3.32. The normalized spacial score (nSPS) is 12.5. The lowest BCUT2D eigenvalue weighted by molar-refractivity contribution is 0.450. The maximum Gasteiger partial charge on any atom is 0.126 e. The maximum absolute atomic E-state index is 12.7. The van der Waals surface area contributed by atoms with E-state index in [2.05, 4.69) is 27.8 Å². The Morgan fingerprint density at radius 2 is 2.33 bits per heavy atom. The zero-order chi connectivity index (χ0) is 11.4. The minimum absolute atomic E-state index is 0.0322. The maximum atomic E-state index is 12.7. The minimum Gasteiger partial charge on any atom is -0.508 e. The van der Waals surface area contributed by atoms with Crippen molar-refractivity contribution in [3.8, 4) is 5.75 Å². The molecule has 1 unspecified atom stereocenters. The van der Waals surface area contributed by atoms with Crippen molar-refractivity contribution in [2.45, 2.75) is 13.0 Å². The second kappa shape index (κ2) is 5.28. The summed E-state index contributed by atoms with van der Waals surface area (Å²) < 4.78 is 13.6. The predicted molar refractivity (Wildman–Crippen MR) is 62.5 cm³/mol. The molecule has 1 aromatic rings. The van der Waals surface area contributed by atoms with E-state index in [0.717, 1.165) is 10.5 Å². The Morgan fingerprint density at radius 3 is 2.87 bits per heavy atom. The molecule has 0 spiro atoms. The molecule has 0 aromatic heterocycles. The highest BCUT2D eigenvalue weighted by atomic mass is 79.9. The summed E-state index contributed by atoms with van der Waals surface area (Å²) in [5.41, 5.74) is 0.671. The van der Waals surface area contributed by atoms with Crippen LogP contribution >= 0.6 is 15.9 Å². The van der Waals surface area contributed by atoms with Crippen LogP contribution in [0.5, 0.6) is 5.75 Å². The highest BCUT2D eigenvalue weighted by Crippen LogP contribution is 2.24. The van der Waals surface area contributed by atoms with Crippen molar-refractivity contribution in [3.63, 3.8) is 0 Å². The van der Waals surface area contributed by atoms with E-state index in [4.69, 9.17) is 0 Å². The molecule has 2 nitrogen and oxygen atoms in total.